The molecule has 0 aliphatic rings. The van der Waals surface area contributed by atoms with Gasteiger partial charge in [0.25, 0.3) is 0 Å². The third-order valence-corrected chi connectivity index (χ3v) is 5.10. The third kappa shape index (κ3) is 3.66. The van der Waals surface area contributed by atoms with Gasteiger partial charge in [-0.3, -0.25) is 0 Å². The molecule has 3 nitrogen and oxygen atoms in total. The van der Waals surface area contributed by atoms with Gasteiger partial charge in [-0.15, -0.1) is 0 Å². The van der Waals surface area contributed by atoms with Gasteiger partial charge in [-0.25, -0.2) is 4.98 Å². The van der Waals surface area contributed by atoms with Crippen LogP contribution in [0.1, 0.15) is 11.1 Å². The number of thiophene rings is 1. The normalized spacial score (nSPS) is 10.8. The molecule has 5 heteroatoms. The molecule has 4 rings (SSSR count). The van der Waals surface area contributed by atoms with Crippen molar-refractivity contribution in [1.29, 1.82) is 0 Å². The number of benzene rings is 2. The van der Waals surface area contributed by atoms with Crippen LogP contribution in [0.3, 0.4) is 0 Å². The molecule has 4 aromatic rings. The third-order valence-electron chi connectivity index (χ3n) is 4.16. The second-order valence-corrected chi connectivity index (χ2v) is 7.27. The molecule has 0 saturated carbocycles. The van der Waals surface area contributed by atoms with Crippen molar-refractivity contribution in [2.45, 2.75) is 13.5 Å². The van der Waals surface area contributed by atoms with Crippen LogP contribution in [0, 0.1) is 6.92 Å². The van der Waals surface area contributed by atoms with E-state index in [-0.39, 0.29) is 0 Å². The quantitative estimate of drug-likeness (QED) is 0.438. The van der Waals surface area contributed by atoms with E-state index in [9.17, 15) is 0 Å². The standard InChI is InChI=1S/C21H17ClN2OS/c1-14-10-16(19-11-23-21(24-19)17-8-9-26-13-17)4-7-20(14)25-12-15-2-5-18(22)6-3-15/h2-11,13H,12H2,1H3,(H,23,24). The minimum Gasteiger partial charge on any atom is -0.489 e. The molecule has 26 heavy (non-hydrogen) atoms. The van der Waals surface area contributed by atoms with Crippen molar-refractivity contribution in [1.82, 2.24) is 9.97 Å². The predicted octanol–water partition coefficient (Wildman–Crippen LogP) is 6.35. The van der Waals surface area contributed by atoms with E-state index in [1.807, 2.05) is 36.5 Å². The first-order chi connectivity index (χ1) is 12.7. The molecule has 0 bridgehead atoms. The molecule has 0 spiro atoms. The van der Waals surface area contributed by atoms with Crippen molar-refractivity contribution in [3.63, 3.8) is 0 Å². The molecule has 2 aromatic carbocycles. The van der Waals surface area contributed by atoms with Gasteiger partial charge >= 0.3 is 0 Å². The number of hydrogen-bond donors (Lipinski definition) is 1. The number of ether oxygens (including phenoxy) is 1. The number of imidazole rings is 1. The topological polar surface area (TPSA) is 37.9 Å². The first-order valence-corrected chi connectivity index (χ1v) is 9.57. The predicted molar refractivity (Wildman–Crippen MR) is 108 cm³/mol. The second kappa shape index (κ2) is 7.36. The highest BCUT2D eigenvalue weighted by Crippen LogP contribution is 2.28. The van der Waals surface area contributed by atoms with Crippen LogP contribution in [-0.2, 0) is 6.61 Å². The monoisotopic (exact) mass is 380 g/mol. The summed E-state index contributed by atoms with van der Waals surface area (Å²) in [4.78, 5) is 7.86. The van der Waals surface area contributed by atoms with Gasteiger partial charge in [-0.05, 0) is 59.8 Å². The van der Waals surface area contributed by atoms with Crippen LogP contribution in [0.25, 0.3) is 22.6 Å². The zero-order valence-corrected chi connectivity index (χ0v) is 15.8. The summed E-state index contributed by atoms with van der Waals surface area (Å²) in [5, 5.41) is 4.87. The van der Waals surface area contributed by atoms with E-state index in [4.69, 9.17) is 16.3 Å². The molecule has 0 atom stereocenters. The Balaban J connectivity index is 1.50. The molecule has 0 amide bonds. The Morgan fingerprint density at radius 2 is 1.92 bits per heavy atom. The Morgan fingerprint density at radius 1 is 1.08 bits per heavy atom. The number of aromatic amines is 1. The van der Waals surface area contributed by atoms with Gasteiger partial charge in [0.15, 0.2) is 0 Å². The molecule has 0 aliphatic heterocycles. The number of nitrogens with zero attached hydrogens (tertiary/aromatic N) is 1. The Kier molecular flexibility index (Phi) is 4.78. The van der Waals surface area contributed by atoms with Gasteiger partial charge in [-0.2, -0.15) is 11.3 Å². The lowest BCUT2D eigenvalue weighted by Crippen LogP contribution is -1.97. The maximum absolute atomic E-state index is 5.95. The zero-order chi connectivity index (χ0) is 17.9. The summed E-state index contributed by atoms with van der Waals surface area (Å²) in [6, 6.07) is 15.9. The van der Waals surface area contributed by atoms with E-state index in [1.165, 1.54) is 0 Å². The van der Waals surface area contributed by atoms with Crippen LogP contribution in [0.2, 0.25) is 5.02 Å². The van der Waals surface area contributed by atoms with Gasteiger partial charge in [0.2, 0.25) is 0 Å². The van der Waals surface area contributed by atoms with Crippen molar-refractivity contribution < 1.29 is 4.74 Å². The molecular formula is C21H17ClN2OS. The average molecular weight is 381 g/mol. The lowest BCUT2D eigenvalue weighted by Gasteiger charge is -2.10. The first-order valence-electron chi connectivity index (χ1n) is 8.25. The summed E-state index contributed by atoms with van der Waals surface area (Å²) in [5.74, 6) is 1.77. The van der Waals surface area contributed by atoms with E-state index < -0.39 is 0 Å². The Labute approximate surface area is 161 Å². The van der Waals surface area contributed by atoms with Gasteiger partial charge in [-0.1, -0.05) is 23.7 Å². The molecule has 0 fully saturated rings. The fourth-order valence-corrected chi connectivity index (χ4v) is 3.50. The number of rotatable bonds is 5. The maximum Gasteiger partial charge on any atom is 0.138 e. The molecule has 1 N–H and O–H groups in total. The van der Waals surface area contributed by atoms with Crippen molar-refractivity contribution in [3.8, 4) is 28.4 Å². The Hall–Kier alpha value is -2.56. The Morgan fingerprint density at radius 3 is 2.65 bits per heavy atom. The summed E-state index contributed by atoms with van der Waals surface area (Å²) in [6.07, 6.45) is 1.87. The van der Waals surface area contributed by atoms with E-state index in [0.717, 1.165) is 44.5 Å². The molecule has 0 radical (unpaired) electrons. The molecule has 0 unspecified atom stereocenters. The minimum atomic E-state index is 0.518. The molecular weight excluding hydrogens is 364 g/mol. The van der Waals surface area contributed by atoms with E-state index >= 15 is 0 Å². The van der Waals surface area contributed by atoms with Gasteiger partial charge in [0.1, 0.15) is 18.2 Å². The number of aryl methyl sites for hydroxylation is 1. The number of aromatic nitrogens is 2. The highest BCUT2D eigenvalue weighted by Gasteiger charge is 2.08. The summed E-state index contributed by atoms with van der Waals surface area (Å²) >= 11 is 7.58. The fourth-order valence-electron chi connectivity index (χ4n) is 2.73. The SMILES string of the molecule is Cc1cc(-c2cnc(-c3ccsc3)[nH]2)ccc1OCc1ccc(Cl)cc1. The van der Waals surface area contributed by atoms with Crippen molar-refractivity contribution >= 4 is 22.9 Å². The highest BCUT2D eigenvalue weighted by atomic mass is 35.5. The van der Waals surface area contributed by atoms with Crippen LogP contribution in [0.5, 0.6) is 5.75 Å². The summed E-state index contributed by atoms with van der Waals surface area (Å²) in [5.41, 5.74) is 5.38. The van der Waals surface area contributed by atoms with E-state index in [0.29, 0.717) is 6.61 Å². The summed E-state index contributed by atoms with van der Waals surface area (Å²) < 4.78 is 5.95. The second-order valence-electron chi connectivity index (χ2n) is 6.05. The minimum absolute atomic E-state index is 0.518. The van der Waals surface area contributed by atoms with E-state index in [2.05, 4.69) is 45.9 Å². The number of H-pyrrole nitrogens is 1. The zero-order valence-electron chi connectivity index (χ0n) is 14.2. The molecule has 0 aliphatic carbocycles. The molecule has 2 heterocycles. The van der Waals surface area contributed by atoms with Gasteiger partial charge in [0, 0.05) is 21.5 Å². The largest absolute Gasteiger partial charge is 0.489 e. The lowest BCUT2D eigenvalue weighted by molar-refractivity contribution is 0.304. The van der Waals surface area contributed by atoms with E-state index in [1.54, 1.807) is 11.3 Å². The lowest BCUT2D eigenvalue weighted by atomic mass is 10.1. The summed E-state index contributed by atoms with van der Waals surface area (Å²) in [6.45, 7) is 2.57. The van der Waals surface area contributed by atoms with Crippen LogP contribution < -0.4 is 4.74 Å². The van der Waals surface area contributed by atoms with Crippen LogP contribution in [0.15, 0.2) is 65.5 Å². The van der Waals surface area contributed by atoms with Crippen molar-refractivity contribution in [3.05, 3.63) is 81.6 Å². The van der Waals surface area contributed by atoms with Crippen LogP contribution >= 0.6 is 22.9 Å². The van der Waals surface area contributed by atoms with Gasteiger partial charge < -0.3 is 9.72 Å². The Bertz CT molecular complexity index is 1010. The molecule has 0 saturated heterocycles. The maximum atomic E-state index is 5.95. The smallest absolute Gasteiger partial charge is 0.138 e. The first kappa shape index (κ1) is 16.9. The van der Waals surface area contributed by atoms with Crippen LogP contribution in [-0.4, -0.2) is 9.97 Å². The molecule has 130 valence electrons. The fraction of sp³-hybridized carbons (Fsp3) is 0.0952. The highest BCUT2D eigenvalue weighted by molar-refractivity contribution is 7.08. The van der Waals surface area contributed by atoms with Gasteiger partial charge in [0.05, 0.1) is 11.9 Å². The van der Waals surface area contributed by atoms with Crippen molar-refractivity contribution in [2.75, 3.05) is 0 Å². The number of hydrogen-bond acceptors (Lipinski definition) is 3. The number of nitrogens with one attached hydrogen (secondary N) is 1. The number of halogens is 1. The van der Waals surface area contributed by atoms with Crippen molar-refractivity contribution in [2.24, 2.45) is 0 Å². The average Bonchev–Trinajstić information content (AvgIpc) is 3.33. The summed E-state index contributed by atoms with van der Waals surface area (Å²) in [7, 11) is 0. The van der Waals surface area contributed by atoms with Crippen LogP contribution in [0.4, 0.5) is 0 Å². The molecule has 2 aromatic heterocycles.